The summed E-state index contributed by atoms with van der Waals surface area (Å²) in [5.41, 5.74) is 11.4. The molecule has 1 atom stereocenters. The van der Waals surface area contributed by atoms with Crippen molar-refractivity contribution in [2.24, 2.45) is 0 Å². The Morgan fingerprint density at radius 2 is 1.05 bits per heavy atom. The van der Waals surface area contributed by atoms with Crippen LogP contribution in [-0.2, 0) is 4.57 Å². The van der Waals surface area contributed by atoms with E-state index in [9.17, 15) is 0 Å². The topological polar surface area (TPSA) is 47.8 Å². The fraction of sp³-hybridized carbons (Fsp3) is 0. The van der Waals surface area contributed by atoms with Crippen molar-refractivity contribution in [3.63, 3.8) is 0 Å². The van der Waals surface area contributed by atoms with Crippen LogP contribution in [0.25, 0.3) is 94.1 Å². The van der Waals surface area contributed by atoms with Crippen LogP contribution in [0.5, 0.6) is 0 Å². The van der Waals surface area contributed by atoms with Crippen molar-refractivity contribution in [2.45, 2.75) is 0 Å². The highest BCUT2D eigenvalue weighted by atomic mass is 31.2. The molecule has 0 saturated heterocycles. The van der Waals surface area contributed by atoms with Crippen molar-refractivity contribution in [3.8, 4) is 50.6 Å². The van der Waals surface area contributed by atoms with E-state index >= 15 is 4.57 Å². The van der Waals surface area contributed by atoms with Gasteiger partial charge in [-0.25, -0.2) is 9.97 Å². The van der Waals surface area contributed by atoms with Gasteiger partial charge < -0.3 is 9.13 Å². The summed E-state index contributed by atoms with van der Waals surface area (Å²) in [4.78, 5) is 10.3. The monoisotopic (exact) mass is 771 g/mol. The van der Waals surface area contributed by atoms with E-state index in [1.54, 1.807) is 0 Å². The molecule has 2 aromatic heterocycles. The summed E-state index contributed by atoms with van der Waals surface area (Å²) in [7, 11) is -3.08. The molecule has 0 saturated carbocycles. The molecule has 1 unspecified atom stereocenters. The molecule has 5 heteroatoms. The van der Waals surface area contributed by atoms with Crippen LogP contribution < -0.4 is 15.9 Å². The lowest BCUT2D eigenvalue weighted by Gasteiger charge is -2.16. The summed E-state index contributed by atoms with van der Waals surface area (Å²) in [6.45, 7) is 0. The summed E-state index contributed by atoms with van der Waals surface area (Å²) in [6, 6.07) is 71.7. The Morgan fingerprint density at radius 3 is 1.90 bits per heavy atom. The smallest absolute Gasteiger partial charge is 0.172 e. The molecule has 0 amide bonds. The van der Waals surface area contributed by atoms with Crippen LogP contribution in [0.4, 0.5) is 0 Å². The second-order valence-corrected chi connectivity index (χ2v) is 18.0. The minimum Gasteiger partial charge on any atom is -0.309 e. The predicted octanol–water partition coefficient (Wildman–Crippen LogP) is 12.5. The van der Waals surface area contributed by atoms with Crippen LogP contribution in [0.15, 0.2) is 206 Å². The van der Waals surface area contributed by atoms with Crippen molar-refractivity contribution in [2.75, 3.05) is 0 Å². The van der Waals surface area contributed by atoms with Gasteiger partial charge in [-0.05, 0) is 81.6 Å². The maximum atomic E-state index is 15.4. The Kier molecular flexibility index (Phi) is 7.47. The van der Waals surface area contributed by atoms with Crippen molar-refractivity contribution in [1.29, 1.82) is 0 Å². The third-order valence-corrected chi connectivity index (χ3v) is 15.2. The fourth-order valence-corrected chi connectivity index (χ4v) is 12.3. The van der Waals surface area contributed by atoms with Gasteiger partial charge in [0.1, 0.15) is 0 Å². The Labute approximate surface area is 341 Å². The molecule has 0 spiro atoms. The van der Waals surface area contributed by atoms with E-state index < -0.39 is 7.14 Å². The number of aromatic nitrogens is 3. The van der Waals surface area contributed by atoms with Gasteiger partial charge >= 0.3 is 0 Å². The van der Waals surface area contributed by atoms with Crippen molar-refractivity contribution >= 4 is 66.5 Å². The maximum Gasteiger partial charge on any atom is 0.172 e. The summed E-state index contributed by atoms with van der Waals surface area (Å²) < 4.78 is 17.7. The third-order valence-electron chi connectivity index (χ3n) is 12.0. The number of hydrogen-bond donors (Lipinski definition) is 0. The number of nitrogens with zero attached hydrogens (tertiary/aromatic N) is 3. The highest BCUT2D eigenvalue weighted by Crippen LogP contribution is 2.53. The molecule has 9 aromatic carbocycles. The molecular weight excluding hydrogens is 738 g/mol. The Bertz CT molecular complexity index is 3510. The quantitative estimate of drug-likeness (QED) is 0.164. The first-order valence-corrected chi connectivity index (χ1v) is 21.6. The minimum absolute atomic E-state index is 0.677. The maximum absolute atomic E-state index is 15.4. The highest BCUT2D eigenvalue weighted by Gasteiger charge is 2.40. The van der Waals surface area contributed by atoms with Crippen molar-refractivity contribution in [3.05, 3.63) is 206 Å². The molecule has 0 radical (unpaired) electrons. The summed E-state index contributed by atoms with van der Waals surface area (Å²) >= 11 is 0. The molecule has 3 heterocycles. The molecule has 1 aliphatic heterocycles. The van der Waals surface area contributed by atoms with Crippen LogP contribution in [0.2, 0.25) is 0 Å². The summed E-state index contributed by atoms with van der Waals surface area (Å²) in [5.74, 6) is 0.677. The predicted molar refractivity (Wildman–Crippen MR) is 246 cm³/mol. The van der Waals surface area contributed by atoms with Gasteiger partial charge in [-0.2, -0.15) is 0 Å². The Balaban J connectivity index is 0.970. The fourth-order valence-electron chi connectivity index (χ4n) is 9.25. The van der Waals surface area contributed by atoms with E-state index in [1.165, 1.54) is 21.9 Å². The van der Waals surface area contributed by atoms with Crippen LogP contribution in [0, 0.1) is 0 Å². The van der Waals surface area contributed by atoms with Crippen LogP contribution in [0.1, 0.15) is 0 Å². The average molecular weight is 772 g/mol. The molecule has 4 nitrogen and oxygen atoms in total. The van der Waals surface area contributed by atoms with Gasteiger partial charge in [0.25, 0.3) is 0 Å². The average Bonchev–Trinajstić information content (AvgIpc) is 3.77. The molecule has 0 N–H and O–H groups in total. The molecule has 0 fully saturated rings. The van der Waals surface area contributed by atoms with E-state index in [1.807, 2.05) is 60.7 Å². The van der Waals surface area contributed by atoms with Crippen molar-refractivity contribution < 1.29 is 4.57 Å². The number of fused-ring (bicyclic) bond motifs is 8. The van der Waals surface area contributed by atoms with Crippen LogP contribution in [-0.4, -0.2) is 14.5 Å². The van der Waals surface area contributed by atoms with E-state index in [-0.39, 0.29) is 0 Å². The highest BCUT2D eigenvalue weighted by molar-refractivity contribution is 7.86. The van der Waals surface area contributed by atoms with Crippen LogP contribution >= 0.6 is 7.14 Å². The molecule has 12 rings (SSSR count). The van der Waals surface area contributed by atoms with Gasteiger partial charge in [-0.3, -0.25) is 0 Å². The second-order valence-electron chi connectivity index (χ2n) is 15.3. The van der Waals surface area contributed by atoms with Gasteiger partial charge in [0.2, 0.25) is 0 Å². The lowest BCUT2D eigenvalue weighted by Crippen LogP contribution is -2.20. The number of benzene rings is 9. The second kappa shape index (κ2) is 13.1. The SMILES string of the molecule is O=P1(c2ccccc2)c2ccccc2-c2cc3c(cc21)c1ccccc1n3-c1ccc(-c2nc(-c3ccc(-c4cccc5ccccc45)cc3)c3ccccc3n2)cc1. The lowest BCUT2D eigenvalue weighted by atomic mass is 9.96. The van der Waals surface area contributed by atoms with Gasteiger partial charge in [0.05, 0.1) is 22.2 Å². The van der Waals surface area contributed by atoms with Gasteiger partial charge in [0, 0.05) is 48.9 Å². The zero-order chi connectivity index (χ0) is 39.1. The van der Waals surface area contributed by atoms with Gasteiger partial charge in [-0.15, -0.1) is 0 Å². The Hall–Kier alpha value is -7.39. The zero-order valence-corrected chi connectivity index (χ0v) is 32.7. The molecular formula is C54H34N3OP. The van der Waals surface area contributed by atoms with E-state index in [0.29, 0.717) is 5.82 Å². The largest absolute Gasteiger partial charge is 0.309 e. The van der Waals surface area contributed by atoms with Crippen LogP contribution in [0.3, 0.4) is 0 Å². The number of para-hydroxylation sites is 2. The van der Waals surface area contributed by atoms with E-state index in [0.717, 1.165) is 82.3 Å². The molecule has 11 aromatic rings. The molecule has 0 bridgehead atoms. The zero-order valence-electron chi connectivity index (χ0n) is 31.8. The summed E-state index contributed by atoms with van der Waals surface area (Å²) in [5, 5.41) is 8.37. The van der Waals surface area contributed by atoms with Gasteiger partial charge in [0.15, 0.2) is 13.0 Å². The number of hydrogen-bond acceptors (Lipinski definition) is 3. The first kappa shape index (κ1) is 33.7. The van der Waals surface area contributed by atoms with Gasteiger partial charge in [-0.1, -0.05) is 158 Å². The van der Waals surface area contributed by atoms with E-state index in [2.05, 4.69) is 150 Å². The Morgan fingerprint density at radius 1 is 0.407 bits per heavy atom. The summed E-state index contributed by atoms with van der Waals surface area (Å²) in [6.07, 6.45) is 0. The molecule has 276 valence electrons. The molecule has 0 aliphatic carbocycles. The normalized spacial score (nSPS) is 14.6. The first-order chi connectivity index (χ1) is 29.1. The minimum atomic E-state index is -3.08. The first-order valence-electron chi connectivity index (χ1n) is 19.9. The van der Waals surface area contributed by atoms with E-state index in [4.69, 9.17) is 9.97 Å². The molecule has 59 heavy (non-hydrogen) atoms. The number of rotatable bonds is 5. The van der Waals surface area contributed by atoms with Crippen molar-refractivity contribution in [1.82, 2.24) is 14.5 Å². The molecule has 1 aliphatic rings. The third kappa shape index (κ3) is 5.13. The lowest BCUT2D eigenvalue weighted by molar-refractivity contribution is 0.593. The standard InChI is InChI=1S/C54H34N3OP/c58-59(40-15-2-1-3-16-40)51-24-11-8-19-44(51)47-33-50-46(34-52(47)59)43-18-7-10-23-49(43)57(50)39-31-29-38(30-32-39)54-55-48-22-9-6-20-45(48)53(56-54)37-27-25-36(26-28-37)42-21-12-14-35-13-4-5-17-41(35)42/h1-34H.